The fraction of sp³-hybridized carbons (Fsp3) is 0.615. The molecule has 0 spiro atoms. The number of rotatable bonds is 4. The molecule has 0 saturated heterocycles. The van der Waals surface area contributed by atoms with E-state index in [0.29, 0.717) is 19.4 Å². The van der Waals surface area contributed by atoms with Gasteiger partial charge in [-0.2, -0.15) is 0 Å². The Hall–Kier alpha value is -1.43. The summed E-state index contributed by atoms with van der Waals surface area (Å²) in [5.74, 6) is -1.82. The minimum absolute atomic E-state index is 0.0736. The molecule has 1 amide bonds. The summed E-state index contributed by atoms with van der Waals surface area (Å²) in [4.78, 5) is 29.3. The van der Waals surface area contributed by atoms with Crippen molar-refractivity contribution in [3.63, 3.8) is 0 Å². The summed E-state index contributed by atoms with van der Waals surface area (Å²) in [7, 11) is 1.72. The summed E-state index contributed by atoms with van der Waals surface area (Å²) in [5, 5.41) is 12.0. The summed E-state index contributed by atoms with van der Waals surface area (Å²) in [5.41, 5.74) is 0.864. The number of aryl methyl sites for hydroxylation is 1. The van der Waals surface area contributed by atoms with E-state index in [1.165, 1.54) is 0 Å². The molecule has 1 aromatic rings. The normalized spacial score (nSPS) is 22.4. The van der Waals surface area contributed by atoms with Crippen molar-refractivity contribution in [3.05, 3.63) is 16.1 Å². The second-order valence-electron chi connectivity index (χ2n) is 5.03. The largest absolute Gasteiger partial charge is 0.481 e. The Morgan fingerprint density at radius 3 is 2.74 bits per heavy atom. The van der Waals surface area contributed by atoms with Crippen LogP contribution in [-0.4, -0.2) is 33.9 Å². The Labute approximate surface area is 116 Å². The highest BCUT2D eigenvalue weighted by atomic mass is 32.1. The summed E-state index contributed by atoms with van der Waals surface area (Å²) in [6, 6.07) is 0. The maximum atomic E-state index is 12.3. The fourth-order valence-electron chi connectivity index (χ4n) is 2.64. The van der Waals surface area contributed by atoms with Gasteiger partial charge in [-0.25, -0.2) is 4.98 Å². The molecule has 1 N–H and O–H groups in total. The lowest BCUT2D eigenvalue weighted by Gasteiger charge is -2.22. The molecule has 1 aliphatic carbocycles. The van der Waals surface area contributed by atoms with Gasteiger partial charge in [-0.05, 0) is 19.8 Å². The third-order valence-electron chi connectivity index (χ3n) is 3.59. The average Bonchev–Trinajstić information content (AvgIpc) is 2.97. The molecule has 2 unspecified atom stereocenters. The van der Waals surface area contributed by atoms with Crippen LogP contribution in [0.1, 0.15) is 30.0 Å². The number of carboxylic acid groups (broad SMARTS) is 1. The van der Waals surface area contributed by atoms with Gasteiger partial charge in [-0.1, -0.05) is 6.42 Å². The van der Waals surface area contributed by atoms with Gasteiger partial charge in [0, 0.05) is 12.4 Å². The Bertz CT molecular complexity index is 486. The van der Waals surface area contributed by atoms with E-state index < -0.39 is 11.9 Å². The van der Waals surface area contributed by atoms with Crippen molar-refractivity contribution in [2.75, 3.05) is 7.05 Å². The molecule has 104 valence electrons. The van der Waals surface area contributed by atoms with Crippen molar-refractivity contribution in [1.29, 1.82) is 0 Å². The molecule has 1 heterocycles. The number of hydrogen-bond acceptors (Lipinski definition) is 4. The van der Waals surface area contributed by atoms with E-state index in [4.69, 9.17) is 5.11 Å². The molecule has 1 fully saturated rings. The predicted octanol–water partition coefficient (Wildman–Crippen LogP) is 1.91. The molecule has 0 aromatic carbocycles. The zero-order valence-electron chi connectivity index (χ0n) is 11.1. The van der Waals surface area contributed by atoms with Gasteiger partial charge in [0.25, 0.3) is 0 Å². The Morgan fingerprint density at radius 1 is 1.47 bits per heavy atom. The number of carbonyl (C=O) groups is 2. The molecule has 2 rings (SSSR count). The van der Waals surface area contributed by atoms with Crippen LogP contribution >= 0.6 is 11.3 Å². The van der Waals surface area contributed by atoms with E-state index >= 15 is 0 Å². The SMILES string of the molecule is Cc1nc(CN(C)C(=O)C2CCCC2C(=O)O)cs1. The zero-order valence-corrected chi connectivity index (χ0v) is 11.9. The molecule has 6 heteroatoms. The molecule has 1 aliphatic rings. The van der Waals surface area contributed by atoms with Crippen LogP contribution in [0.4, 0.5) is 0 Å². The molecular formula is C13H18N2O3S. The lowest BCUT2D eigenvalue weighted by molar-refractivity contribution is -0.148. The molecule has 0 radical (unpaired) electrons. The number of thiazole rings is 1. The Balaban J connectivity index is 2.00. The van der Waals surface area contributed by atoms with E-state index in [2.05, 4.69) is 4.98 Å². The van der Waals surface area contributed by atoms with Gasteiger partial charge < -0.3 is 10.0 Å². The molecule has 1 aromatic heterocycles. The van der Waals surface area contributed by atoms with Gasteiger partial charge in [-0.15, -0.1) is 11.3 Å². The van der Waals surface area contributed by atoms with Gasteiger partial charge in [0.15, 0.2) is 0 Å². The predicted molar refractivity (Wildman–Crippen MR) is 71.8 cm³/mol. The second-order valence-corrected chi connectivity index (χ2v) is 6.10. The maximum Gasteiger partial charge on any atom is 0.307 e. The minimum atomic E-state index is -0.853. The molecule has 0 aliphatic heterocycles. The van der Waals surface area contributed by atoms with Crippen molar-refractivity contribution >= 4 is 23.2 Å². The van der Waals surface area contributed by atoms with E-state index in [-0.39, 0.29) is 11.8 Å². The fourth-order valence-corrected chi connectivity index (χ4v) is 3.24. The number of hydrogen-bond donors (Lipinski definition) is 1. The molecule has 19 heavy (non-hydrogen) atoms. The molecular weight excluding hydrogens is 264 g/mol. The number of nitrogens with zero attached hydrogens (tertiary/aromatic N) is 2. The third-order valence-corrected chi connectivity index (χ3v) is 4.41. The zero-order chi connectivity index (χ0) is 14.0. The Morgan fingerprint density at radius 2 is 2.16 bits per heavy atom. The van der Waals surface area contributed by atoms with Crippen molar-refractivity contribution in [2.24, 2.45) is 11.8 Å². The molecule has 0 bridgehead atoms. The summed E-state index contributed by atoms with van der Waals surface area (Å²) < 4.78 is 0. The second kappa shape index (κ2) is 5.69. The van der Waals surface area contributed by atoms with Crippen LogP contribution in [0.2, 0.25) is 0 Å². The van der Waals surface area contributed by atoms with Crippen LogP contribution < -0.4 is 0 Å². The monoisotopic (exact) mass is 282 g/mol. The highest BCUT2D eigenvalue weighted by molar-refractivity contribution is 7.09. The number of carboxylic acids is 1. The first kappa shape index (κ1) is 14.0. The van der Waals surface area contributed by atoms with Crippen LogP contribution in [0.25, 0.3) is 0 Å². The number of aliphatic carboxylic acids is 1. The maximum absolute atomic E-state index is 12.3. The quantitative estimate of drug-likeness (QED) is 0.915. The lowest BCUT2D eigenvalue weighted by atomic mass is 9.95. The molecule has 1 saturated carbocycles. The minimum Gasteiger partial charge on any atom is -0.481 e. The highest BCUT2D eigenvalue weighted by Gasteiger charge is 2.39. The van der Waals surface area contributed by atoms with Crippen LogP contribution in [0.15, 0.2) is 5.38 Å². The van der Waals surface area contributed by atoms with E-state index in [1.54, 1.807) is 23.3 Å². The number of aromatic nitrogens is 1. The smallest absolute Gasteiger partial charge is 0.307 e. The Kier molecular flexibility index (Phi) is 4.19. The van der Waals surface area contributed by atoms with Crippen LogP contribution in [0, 0.1) is 18.8 Å². The van der Waals surface area contributed by atoms with Crippen molar-refractivity contribution in [3.8, 4) is 0 Å². The lowest BCUT2D eigenvalue weighted by Crippen LogP contribution is -2.36. The number of carbonyl (C=O) groups excluding carboxylic acids is 1. The van der Waals surface area contributed by atoms with Gasteiger partial charge >= 0.3 is 5.97 Å². The van der Waals surface area contributed by atoms with Gasteiger partial charge in [-0.3, -0.25) is 9.59 Å². The summed E-state index contributed by atoms with van der Waals surface area (Å²) in [6.07, 6.45) is 2.10. The van der Waals surface area contributed by atoms with E-state index in [9.17, 15) is 9.59 Å². The van der Waals surface area contributed by atoms with Crippen LogP contribution in [0.3, 0.4) is 0 Å². The van der Waals surface area contributed by atoms with Crippen LogP contribution in [0.5, 0.6) is 0 Å². The van der Waals surface area contributed by atoms with Gasteiger partial charge in [0.05, 0.1) is 29.1 Å². The summed E-state index contributed by atoms with van der Waals surface area (Å²) in [6.45, 7) is 2.37. The average molecular weight is 282 g/mol. The van der Waals surface area contributed by atoms with Crippen molar-refractivity contribution < 1.29 is 14.7 Å². The van der Waals surface area contributed by atoms with E-state index in [1.807, 2.05) is 12.3 Å². The van der Waals surface area contributed by atoms with Gasteiger partial charge in [0.2, 0.25) is 5.91 Å². The topological polar surface area (TPSA) is 70.5 Å². The first-order chi connectivity index (χ1) is 8.99. The molecule has 2 atom stereocenters. The van der Waals surface area contributed by atoms with Gasteiger partial charge in [0.1, 0.15) is 0 Å². The van der Waals surface area contributed by atoms with Crippen molar-refractivity contribution in [2.45, 2.75) is 32.7 Å². The van der Waals surface area contributed by atoms with Crippen molar-refractivity contribution in [1.82, 2.24) is 9.88 Å². The standard InChI is InChI=1S/C13H18N2O3S/c1-8-14-9(7-19-8)6-15(2)12(16)10-4-3-5-11(10)13(17)18/h7,10-11H,3-6H2,1-2H3,(H,17,18). The number of amides is 1. The van der Waals surface area contributed by atoms with E-state index in [0.717, 1.165) is 17.1 Å². The summed E-state index contributed by atoms with van der Waals surface area (Å²) >= 11 is 1.55. The first-order valence-corrected chi connectivity index (χ1v) is 7.26. The van der Waals surface area contributed by atoms with Crippen LogP contribution in [-0.2, 0) is 16.1 Å². The first-order valence-electron chi connectivity index (χ1n) is 6.38. The molecule has 5 nitrogen and oxygen atoms in total. The third kappa shape index (κ3) is 3.12. The highest BCUT2D eigenvalue weighted by Crippen LogP contribution is 2.33.